The number of amides is 1. The van der Waals surface area contributed by atoms with Gasteiger partial charge in [-0.15, -0.1) is 0 Å². The number of carbonyl (C=O) groups excluding carboxylic acids is 1. The predicted molar refractivity (Wildman–Crippen MR) is 103 cm³/mol. The lowest BCUT2D eigenvalue weighted by molar-refractivity contribution is -0.124. The molecule has 0 fully saturated rings. The number of hydrogen-bond acceptors (Lipinski definition) is 5. The number of nitrogens with zero attached hydrogens (tertiary/aromatic N) is 3. The molecule has 3 rings (SSSR count). The number of pyridine rings is 1. The molecular weight excluding hydrogens is 352 g/mol. The van der Waals surface area contributed by atoms with Crippen molar-refractivity contribution in [1.82, 2.24) is 25.3 Å². The molecule has 0 atom stereocenters. The molecule has 3 aromatic heterocycles. The molecule has 8 heteroatoms. The number of halogens is 1. The van der Waals surface area contributed by atoms with Crippen molar-refractivity contribution >= 4 is 34.4 Å². The molecule has 26 heavy (non-hydrogen) atoms. The summed E-state index contributed by atoms with van der Waals surface area (Å²) in [6.45, 7) is 7.98. The van der Waals surface area contributed by atoms with Gasteiger partial charge in [0, 0.05) is 41.6 Å². The third-order valence-electron chi connectivity index (χ3n) is 4.05. The molecule has 0 bridgehead atoms. The van der Waals surface area contributed by atoms with Crippen molar-refractivity contribution in [3.05, 3.63) is 35.2 Å². The third-order valence-corrected chi connectivity index (χ3v) is 4.25. The van der Waals surface area contributed by atoms with E-state index in [1.54, 1.807) is 18.6 Å². The molecule has 0 aliphatic carbocycles. The lowest BCUT2D eigenvalue weighted by Gasteiger charge is -2.26. The van der Waals surface area contributed by atoms with Gasteiger partial charge in [-0.2, -0.15) is 0 Å². The lowest BCUT2D eigenvalue weighted by atomic mass is 10.0. The van der Waals surface area contributed by atoms with Crippen molar-refractivity contribution < 1.29 is 4.79 Å². The van der Waals surface area contributed by atoms with Gasteiger partial charge in [0.25, 0.3) is 0 Å². The fraction of sp³-hybridized carbons (Fsp3) is 0.333. The first-order valence-corrected chi connectivity index (χ1v) is 8.72. The lowest BCUT2D eigenvalue weighted by Crippen LogP contribution is -2.48. The molecule has 0 spiro atoms. The van der Waals surface area contributed by atoms with Crippen LogP contribution in [0.1, 0.15) is 26.3 Å². The van der Waals surface area contributed by atoms with E-state index in [-0.39, 0.29) is 5.91 Å². The van der Waals surface area contributed by atoms with Crippen LogP contribution in [0.3, 0.4) is 0 Å². The van der Waals surface area contributed by atoms with Gasteiger partial charge in [0.15, 0.2) is 5.82 Å². The van der Waals surface area contributed by atoms with Gasteiger partial charge < -0.3 is 15.6 Å². The Morgan fingerprint density at radius 2 is 2.08 bits per heavy atom. The van der Waals surface area contributed by atoms with E-state index in [1.807, 2.05) is 33.8 Å². The molecule has 0 aliphatic rings. The van der Waals surface area contributed by atoms with E-state index in [0.29, 0.717) is 28.9 Å². The Hall–Kier alpha value is -2.67. The van der Waals surface area contributed by atoms with E-state index in [4.69, 9.17) is 11.6 Å². The maximum atomic E-state index is 12.3. The third kappa shape index (κ3) is 3.48. The second-order valence-electron chi connectivity index (χ2n) is 6.59. The number of nitrogens with one attached hydrogen (secondary N) is 3. The average molecular weight is 373 g/mol. The Balaban J connectivity index is 2.00. The largest absolute Gasteiger partial charge is 0.356 e. The molecule has 0 saturated carbocycles. The van der Waals surface area contributed by atoms with Gasteiger partial charge in [-0.25, -0.2) is 15.0 Å². The minimum atomic E-state index is -0.808. The van der Waals surface area contributed by atoms with Gasteiger partial charge in [0.2, 0.25) is 5.91 Å². The minimum absolute atomic E-state index is 0.0948. The number of anilines is 1. The highest BCUT2D eigenvalue weighted by Crippen LogP contribution is 2.28. The van der Waals surface area contributed by atoms with Gasteiger partial charge in [0.1, 0.15) is 17.0 Å². The summed E-state index contributed by atoms with van der Waals surface area (Å²) in [4.78, 5) is 28.7. The number of aryl methyl sites for hydroxylation is 1. The molecule has 3 heterocycles. The highest BCUT2D eigenvalue weighted by molar-refractivity contribution is 6.31. The zero-order valence-electron chi connectivity index (χ0n) is 15.1. The van der Waals surface area contributed by atoms with Crippen LogP contribution in [-0.2, 0) is 4.79 Å². The fourth-order valence-corrected chi connectivity index (χ4v) is 2.75. The maximum Gasteiger partial charge on any atom is 0.245 e. The van der Waals surface area contributed by atoms with Crippen LogP contribution in [0, 0.1) is 6.92 Å². The maximum absolute atomic E-state index is 12.3. The number of likely N-dealkylation sites (N-methyl/N-ethyl adjacent to an activating group) is 1. The zero-order chi connectivity index (χ0) is 18.9. The van der Waals surface area contributed by atoms with Gasteiger partial charge in [0.05, 0.1) is 5.02 Å². The standard InChI is InChI=1S/C18H21ClN6O/c1-5-20-17(26)18(3,4)25-14-10(2)7-21-16(24-14)13-9-23-15-12(13)6-11(19)8-22-15/h6-9H,5H2,1-4H3,(H,20,26)(H,22,23)(H,21,24,25). The summed E-state index contributed by atoms with van der Waals surface area (Å²) in [7, 11) is 0. The number of aromatic nitrogens is 4. The summed E-state index contributed by atoms with van der Waals surface area (Å²) in [5, 5.41) is 7.43. The number of H-pyrrole nitrogens is 1. The minimum Gasteiger partial charge on any atom is -0.356 e. The van der Waals surface area contributed by atoms with E-state index < -0.39 is 5.54 Å². The Morgan fingerprint density at radius 1 is 1.31 bits per heavy atom. The van der Waals surface area contributed by atoms with Crippen LogP contribution in [0.25, 0.3) is 22.4 Å². The number of carbonyl (C=O) groups is 1. The molecule has 0 unspecified atom stereocenters. The summed E-state index contributed by atoms with van der Waals surface area (Å²) in [6, 6.07) is 1.82. The van der Waals surface area contributed by atoms with Crippen molar-refractivity contribution in [3.63, 3.8) is 0 Å². The highest BCUT2D eigenvalue weighted by atomic mass is 35.5. The topological polar surface area (TPSA) is 95.6 Å². The van der Waals surface area contributed by atoms with Crippen LogP contribution in [0.2, 0.25) is 5.02 Å². The van der Waals surface area contributed by atoms with Gasteiger partial charge in [-0.05, 0) is 33.8 Å². The molecular formula is C18H21ClN6O. The highest BCUT2D eigenvalue weighted by Gasteiger charge is 2.28. The van der Waals surface area contributed by atoms with Crippen LogP contribution in [-0.4, -0.2) is 37.9 Å². The van der Waals surface area contributed by atoms with Crippen LogP contribution in [0.4, 0.5) is 5.82 Å². The van der Waals surface area contributed by atoms with Crippen molar-refractivity contribution in [2.75, 3.05) is 11.9 Å². The normalized spacial score (nSPS) is 11.6. The van der Waals surface area contributed by atoms with Crippen molar-refractivity contribution in [1.29, 1.82) is 0 Å². The van der Waals surface area contributed by atoms with E-state index in [0.717, 1.165) is 16.5 Å². The molecule has 0 radical (unpaired) electrons. The molecule has 0 aromatic carbocycles. The van der Waals surface area contributed by atoms with Crippen LogP contribution >= 0.6 is 11.6 Å². The Morgan fingerprint density at radius 3 is 2.81 bits per heavy atom. The first-order chi connectivity index (χ1) is 12.3. The van der Waals surface area contributed by atoms with Crippen molar-refractivity contribution in [2.24, 2.45) is 0 Å². The van der Waals surface area contributed by atoms with Gasteiger partial charge >= 0.3 is 0 Å². The van der Waals surface area contributed by atoms with E-state index in [9.17, 15) is 4.79 Å². The number of aromatic amines is 1. The first-order valence-electron chi connectivity index (χ1n) is 8.35. The summed E-state index contributed by atoms with van der Waals surface area (Å²) >= 11 is 6.07. The first kappa shape index (κ1) is 18.1. The van der Waals surface area contributed by atoms with Crippen molar-refractivity contribution in [2.45, 2.75) is 33.2 Å². The Bertz CT molecular complexity index is 965. The van der Waals surface area contributed by atoms with Crippen LogP contribution in [0.15, 0.2) is 24.7 Å². The summed E-state index contributed by atoms with van der Waals surface area (Å²) < 4.78 is 0. The SMILES string of the molecule is CCNC(=O)C(C)(C)Nc1nc(-c2c[nH]c3ncc(Cl)cc23)ncc1C. The summed E-state index contributed by atoms with van der Waals surface area (Å²) in [5.41, 5.74) is 1.55. The van der Waals surface area contributed by atoms with Crippen LogP contribution < -0.4 is 10.6 Å². The molecule has 1 amide bonds. The van der Waals surface area contributed by atoms with E-state index >= 15 is 0 Å². The monoisotopic (exact) mass is 372 g/mol. The predicted octanol–water partition coefficient (Wildman–Crippen LogP) is 3.31. The molecule has 3 aromatic rings. The summed E-state index contributed by atoms with van der Waals surface area (Å²) in [5.74, 6) is 1.04. The van der Waals surface area contributed by atoms with E-state index in [1.165, 1.54) is 0 Å². The fourth-order valence-electron chi connectivity index (χ4n) is 2.60. The molecule has 3 N–H and O–H groups in total. The van der Waals surface area contributed by atoms with Gasteiger partial charge in [-0.1, -0.05) is 11.6 Å². The van der Waals surface area contributed by atoms with Crippen LogP contribution in [0.5, 0.6) is 0 Å². The second-order valence-corrected chi connectivity index (χ2v) is 7.02. The van der Waals surface area contributed by atoms with E-state index in [2.05, 4.69) is 30.6 Å². The zero-order valence-corrected chi connectivity index (χ0v) is 15.9. The van der Waals surface area contributed by atoms with Gasteiger partial charge in [-0.3, -0.25) is 4.79 Å². The Labute approximate surface area is 156 Å². The molecule has 7 nitrogen and oxygen atoms in total. The quantitative estimate of drug-likeness (QED) is 0.638. The molecule has 0 saturated heterocycles. The second kappa shape index (κ2) is 6.92. The number of hydrogen-bond donors (Lipinski definition) is 3. The molecule has 0 aliphatic heterocycles. The molecule has 136 valence electrons. The number of rotatable bonds is 5. The average Bonchev–Trinajstić information content (AvgIpc) is 3.00. The smallest absolute Gasteiger partial charge is 0.245 e. The Kier molecular flexibility index (Phi) is 4.82. The van der Waals surface area contributed by atoms with Crippen molar-refractivity contribution in [3.8, 4) is 11.4 Å². The summed E-state index contributed by atoms with van der Waals surface area (Å²) in [6.07, 6.45) is 5.12. The number of fused-ring (bicyclic) bond motifs is 1.